The maximum Gasteiger partial charge on any atom is 0.290 e. The number of thiophene rings is 1. The van der Waals surface area contributed by atoms with E-state index in [-0.39, 0.29) is 30.1 Å². The first-order chi connectivity index (χ1) is 16.1. The maximum atomic E-state index is 13.0. The van der Waals surface area contributed by atoms with Gasteiger partial charge in [-0.05, 0) is 53.9 Å². The Hall–Kier alpha value is -2.43. The van der Waals surface area contributed by atoms with Gasteiger partial charge in [-0.2, -0.15) is 11.3 Å². The lowest BCUT2D eigenvalue weighted by atomic mass is 9.82. The number of amides is 1. The van der Waals surface area contributed by atoms with Crippen molar-refractivity contribution in [1.82, 2.24) is 0 Å². The van der Waals surface area contributed by atoms with Crippen molar-refractivity contribution in [3.63, 3.8) is 0 Å². The Bertz CT molecular complexity index is 889. The molecule has 180 valence electrons. The van der Waals surface area contributed by atoms with Gasteiger partial charge in [-0.1, -0.05) is 12.1 Å². The van der Waals surface area contributed by atoms with Crippen LogP contribution in [0, 0.1) is 5.92 Å². The highest BCUT2D eigenvalue weighted by Crippen LogP contribution is 2.39. The van der Waals surface area contributed by atoms with Crippen molar-refractivity contribution in [3.05, 3.63) is 58.5 Å². The third kappa shape index (κ3) is 7.28. The Morgan fingerprint density at radius 1 is 1.18 bits per heavy atom. The molecule has 3 atom stereocenters. The molecule has 0 saturated carbocycles. The number of benzene rings is 1. The quantitative estimate of drug-likeness (QED) is 0.300. The summed E-state index contributed by atoms with van der Waals surface area (Å²) >= 11 is 1.61. The molecule has 0 unspecified atom stereocenters. The number of nitrogens with one attached hydrogen (secondary N) is 1. The van der Waals surface area contributed by atoms with Crippen molar-refractivity contribution in [2.24, 2.45) is 5.92 Å². The Kier molecular flexibility index (Phi) is 10.2. The van der Waals surface area contributed by atoms with E-state index >= 15 is 0 Å². The van der Waals surface area contributed by atoms with Crippen LogP contribution in [0.25, 0.3) is 0 Å². The van der Waals surface area contributed by atoms with Crippen molar-refractivity contribution in [2.75, 3.05) is 50.7 Å². The first-order valence-electron chi connectivity index (χ1n) is 11.1. The molecule has 2 aromatic rings. The van der Waals surface area contributed by atoms with Crippen LogP contribution >= 0.6 is 11.3 Å². The summed E-state index contributed by atoms with van der Waals surface area (Å²) in [6, 6.07) is 9.15. The number of nitrogen functional groups attached to an aromatic ring is 1. The van der Waals surface area contributed by atoms with Gasteiger partial charge >= 0.3 is 0 Å². The van der Waals surface area contributed by atoms with E-state index in [1.54, 1.807) is 23.5 Å². The molecule has 0 bridgehead atoms. The molecule has 2 heterocycles. The fourth-order valence-electron chi connectivity index (χ4n) is 3.68. The Balaban J connectivity index is 1.73. The highest BCUT2D eigenvalue weighted by atomic mass is 32.1. The van der Waals surface area contributed by atoms with E-state index in [1.165, 1.54) is 0 Å². The largest absolute Gasteiger partial charge is 0.459 e. The molecule has 1 aliphatic heterocycles. The molecule has 1 aromatic heterocycles. The molecule has 3 rings (SSSR count). The Morgan fingerprint density at radius 2 is 1.97 bits per heavy atom. The summed E-state index contributed by atoms with van der Waals surface area (Å²) in [5.74, 6) is -0.253. The summed E-state index contributed by atoms with van der Waals surface area (Å²) in [6.45, 7) is 4.02. The second kappa shape index (κ2) is 13.3. The van der Waals surface area contributed by atoms with Crippen LogP contribution in [0.1, 0.15) is 24.8 Å². The normalized spacial score (nSPS) is 20.2. The Morgan fingerprint density at radius 3 is 2.67 bits per heavy atom. The fraction of sp³-hybridized carbons (Fsp3) is 0.458. The smallest absolute Gasteiger partial charge is 0.290 e. The first kappa shape index (κ1) is 25.2. The molecular formula is C24H32N2O6S. The molecular weight excluding hydrogens is 444 g/mol. The van der Waals surface area contributed by atoms with E-state index in [0.717, 1.165) is 5.56 Å². The molecule has 4 N–H and O–H groups in total. The monoisotopic (exact) mass is 476 g/mol. The number of para-hydroxylation sites is 2. The Labute approximate surface area is 198 Å². The molecule has 0 fully saturated rings. The average Bonchev–Trinajstić information content (AvgIpc) is 3.35. The molecule has 0 aliphatic carbocycles. The number of rotatable bonds is 13. The minimum atomic E-state index is -0.590. The van der Waals surface area contributed by atoms with Crippen LogP contribution in [-0.2, 0) is 23.7 Å². The lowest BCUT2D eigenvalue weighted by molar-refractivity contribution is -0.166. The fourth-order valence-corrected chi connectivity index (χ4v) is 4.39. The van der Waals surface area contributed by atoms with Gasteiger partial charge in [0, 0.05) is 25.0 Å². The summed E-state index contributed by atoms with van der Waals surface area (Å²) in [5, 5.41) is 15.7. The first-order valence-corrected chi connectivity index (χ1v) is 12.0. The van der Waals surface area contributed by atoms with Gasteiger partial charge in [0.25, 0.3) is 5.91 Å². The SMILES string of the molecule is CCO[C@@H]1OC(C(=O)Nc2ccccc2N)=C[C@H](c2ccsc2)[C@@H]1CCOCCOCCO. The molecule has 1 aliphatic rings. The van der Waals surface area contributed by atoms with Crippen LogP contribution < -0.4 is 11.1 Å². The lowest BCUT2D eigenvalue weighted by Gasteiger charge is -2.36. The van der Waals surface area contributed by atoms with Crippen molar-refractivity contribution >= 4 is 28.6 Å². The van der Waals surface area contributed by atoms with Crippen molar-refractivity contribution in [2.45, 2.75) is 25.6 Å². The highest BCUT2D eigenvalue weighted by molar-refractivity contribution is 7.08. The lowest BCUT2D eigenvalue weighted by Crippen LogP contribution is -2.38. The number of allylic oxidation sites excluding steroid dienone is 1. The van der Waals surface area contributed by atoms with Crippen LogP contribution in [0.2, 0.25) is 0 Å². The zero-order chi connectivity index (χ0) is 23.5. The van der Waals surface area contributed by atoms with Gasteiger partial charge in [0.05, 0.1) is 37.8 Å². The van der Waals surface area contributed by atoms with E-state index in [4.69, 9.17) is 29.8 Å². The summed E-state index contributed by atoms with van der Waals surface area (Å²) in [5.41, 5.74) is 8.09. The third-order valence-corrected chi connectivity index (χ3v) is 5.98. The van der Waals surface area contributed by atoms with E-state index in [2.05, 4.69) is 16.8 Å². The predicted molar refractivity (Wildman–Crippen MR) is 128 cm³/mol. The van der Waals surface area contributed by atoms with E-state index in [9.17, 15) is 4.79 Å². The minimum absolute atomic E-state index is 0.00309. The van der Waals surface area contributed by atoms with Gasteiger partial charge in [-0.3, -0.25) is 4.79 Å². The van der Waals surface area contributed by atoms with Gasteiger partial charge < -0.3 is 35.1 Å². The second-order valence-electron chi connectivity index (χ2n) is 7.50. The summed E-state index contributed by atoms with van der Waals surface area (Å²) in [6.07, 6.45) is 1.96. The van der Waals surface area contributed by atoms with Crippen molar-refractivity contribution in [3.8, 4) is 0 Å². The number of aliphatic hydroxyl groups excluding tert-OH is 1. The predicted octanol–water partition coefficient (Wildman–Crippen LogP) is 3.36. The maximum absolute atomic E-state index is 13.0. The zero-order valence-electron chi connectivity index (χ0n) is 18.8. The van der Waals surface area contributed by atoms with E-state index < -0.39 is 6.29 Å². The van der Waals surface area contributed by atoms with E-state index in [0.29, 0.717) is 50.8 Å². The highest BCUT2D eigenvalue weighted by Gasteiger charge is 2.38. The van der Waals surface area contributed by atoms with Crippen LogP contribution in [0.15, 0.2) is 52.9 Å². The average molecular weight is 477 g/mol. The second-order valence-corrected chi connectivity index (χ2v) is 8.28. The van der Waals surface area contributed by atoms with Crippen LogP contribution in [0.4, 0.5) is 11.4 Å². The van der Waals surface area contributed by atoms with Gasteiger partial charge in [0.2, 0.25) is 6.29 Å². The number of ether oxygens (including phenoxy) is 4. The van der Waals surface area contributed by atoms with Crippen LogP contribution in [0.3, 0.4) is 0 Å². The molecule has 1 aromatic carbocycles. The summed E-state index contributed by atoms with van der Waals surface area (Å²) < 4.78 is 22.9. The molecule has 0 spiro atoms. The number of aliphatic hydroxyl groups is 1. The molecule has 0 radical (unpaired) electrons. The number of anilines is 2. The number of nitrogens with two attached hydrogens (primary N) is 1. The van der Waals surface area contributed by atoms with Gasteiger partial charge in [0.1, 0.15) is 0 Å². The summed E-state index contributed by atoms with van der Waals surface area (Å²) in [7, 11) is 0. The number of hydrogen-bond donors (Lipinski definition) is 3. The molecule has 33 heavy (non-hydrogen) atoms. The zero-order valence-corrected chi connectivity index (χ0v) is 19.6. The number of carbonyl (C=O) groups is 1. The van der Waals surface area contributed by atoms with Crippen molar-refractivity contribution < 1.29 is 28.8 Å². The van der Waals surface area contributed by atoms with Gasteiger partial charge in [-0.25, -0.2) is 0 Å². The topological polar surface area (TPSA) is 112 Å². The number of carbonyl (C=O) groups excluding carboxylic acids is 1. The molecule has 8 nitrogen and oxygen atoms in total. The summed E-state index contributed by atoms with van der Waals surface area (Å²) in [4.78, 5) is 13.0. The molecule has 1 amide bonds. The standard InChI is InChI=1S/C24H32N2O6S/c1-2-31-24-18(7-10-29-12-13-30-11-9-27)19(17-8-14-33-16-17)15-22(32-24)23(28)26-21-6-4-3-5-20(21)25/h3-6,8,14-16,18-19,24,27H,2,7,9-13,25H2,1H3,(H,26,28)/t18-,19+,24+/m0/s1. The molecule has 0 saturated heterocycles. The van der Waals surface area contributed by atoms with Gasteiger partial charge in [0.15, 0.2) is 5.76 Å². The van der Waals surface area contributed by atoms with Crippen molar-refractivity contribution in [1.29, 1.82) is 0 Å². The number of hydrogen-bond acceptors (Lipinski definition) is 8. The van der Waals surface area contributed by atoms with Gasteiger partial charge in [-0.15, -0.1) is 0 Å². The minimum Gasteiger partial charge on any atom is -0.459 e. The molecule has 9 heteroatoms. The van der Waals surface area contributed by atoms with Crippen LogP contribution in [0.5, 0.6) is 0 Å². The third-order valence-electron chi connectivity index (χ3n) is 5.28. The van der Waals surface area contributed by atoms with E-state index in [1.807, 2.05) is 30.5 Å². The van der Waals surface area contributed by atoms with Crippen LogP contribution in [-0.4, -0.2) is 56.9 Å².